The van der Waals surface area contributed by atoms with E-state index in [1.807, 2.05) is 0 Å². The van der Waals surface area contributed by atoms with E-state index in [-0.39, 0.29) is 0 Å². The van der Waals surface area contributed by atoms with Gasteiger partial charge in [-0.05, 0) is 7.05 Å². The first kappa shape index (κ1) is 10.3. The summed E-state index contributed by atoms with van der Waals surface area (Å²) in [6, 6.07) is -0.903. The predicted octanol–water partition coefficient (Wildman–Crippen LogP) is 0.403. The van der Waals surface area contributed by atoms with Gasteiger partial charge in [-0.15, -0.1) is 0 Å². The fraction of sp³-hybridized carbons (Fsp3) is 0.833. The summed E-state index contributed by atoms with van der Waals surface area (Å²) in [5.41, 5.74) is 0. The second-order valence-electron chi connectivity index (χ2n) is 1.99. The molecule has 11 heavy (non-hydrogen) atoms. The van der Waals surface area contributed by atoms with Gasteiger partial charge in [0.25, 0.3) is 0 Å². The van der Waals surface area contributed by atoms with Gasteiger partial charge in [0.05, 0.1) is 7.11 Å². The van der Waals surface area contributed by atoms with Gasteiger partial charge in [-0.25, -0.2) is 8.78 Å². The molecule has 5 heteroatoms. The van der Waals surface area contributed by atoms with Crippen LogP contribution >= 0.6 is 0 Å². The highest BCUT2D eigenvalue weighted by Gasteiger charge is 2.20. The third-order valence-electron chi connectivity index (χ3n) is 1.25. The average molecular weight is 167 g/mol. The Morgan fingerprint density at radius 3 is 2.45 bits per heavy atom. The number of esters is 1. The van der Waals surface area contributed by atoms with Crippen LogP contribution in [0.3, 0.4) is 0 Å². The van der Waals surface area contributed by atoms with Crippen LogP contribution in [0.2, 0.25) is 0 Å². The Hall–Kier alpha value is -0.710. The zero-order valence-corrected chi connectivity index (χ0v) is 6.43. The molecule has 0 aromatic rings. The summed E-state index contributed by atoms with van der Waals surface area (Å²) in [5, 5.41) is 2.43. The second-order valence-corrected chi connectivity index (χ2v) is 1.99. The minimum absolute atomic E-state index is 0.511. The number of hydrogen-bond acceptors (Lipinski definition) is 3. The Morgan fingerprint density at radius 2 is 2.18 bits per heavy atom. The largest absolute Gasteiger partial charge is 0.468 e. The predicted molar refractivity (Wildman–Crippen MR) is 35.5 cm³/mol. The van der Waals surface area contributed by atoms with Gasteiger partial charge >= 0.3 is 5.97 Å². The molecule has 0 aromatic carbocycles. The van der Waals surface area contributed by atoms with Crippen molar-refractivity contribution in [3.63, 3.8) is 0 Å². The summed E-state index contributed by atoms with van der Waals surface area (Å²) >= 11 is 0. The first-order valence-electron chi connectivity index (χ1n) is 3.15. The monoisotopic (exact) mass is 167 g/mol. The number of likely N-dealkylation sites (N-methyl/N-ethyl adjacent to an activating group) is 1. The molecule has 0 aliphatic carbocycles. The number of rotatable bonds is 4. The molecule has 0 rings (SSSR count). The van der Waals surface area contributed by atoms with E-state index in [2.05, 4.69) is 10.1 Å². The Labute approximate surface area is 63.7 Å². The third-order valence-corrected chi connectivity index (χ3v) is 1.25. The summed E-state index contributed by atoms with van der Waals surface area (Å²) in [5.74, 6) is -0.659. The summed E-state index contributed by atoms with van der Waals surface area (Å²) in [6.07, 6.45) is -3.00. The van der Waals surface area contributed by atoms with E-state index in [0.717, 1.165) is 7.11 Å². The standard InChI is InChI=1S/C6H11F2NO2/c1-9-4(3-5(7)8)6(10)11-2/h4-5,9H,3H2,1-2H3/t4-/m1/s1. The first-order valence-corrected chi connectivity index (χ1v) is 3.15. The van der Waals surface area contributed by atoms with Crippen LogP contribution in [0.25, 0.3) is 0 Å². The molecule has 3 nitrogen and oxygen atoms in total. The molecule has 66 valence electrons. The summed E-state index contributed by atoms with van der Waals surface area (Å²) in [7, 11) is 2.60. The fourth-order valence-corrected chi connectivity index (χ4v) is 0.652. The molecule has 0 aliphatic heterocycles. The van der Waals surface area contributed by atoms with Gasteiger partial charge in [0.15, 0.2) is 0 Å². The maximum atomic E-state index is 11.7. The van der Waals surface area contributed by atoms with Crippen molar-refractivity contribution in [2.75, 3.05) is 14.2 Å². The van der Waals surface area contributed by atoms with Crippen molar-refractivity contribution in [1.29, 1.82) is 0 Å². The van der Waals surface area contributed by atoms with Crippen LogP contribution in [0.15, 0.2) is 0 Å². The third kappa shape index (κ3) is 3.87. The Morgan fingerprint density at radius 1 is 1.64 bits per heavy atom. The molecule has 0 amide bonds. The molecule has 0 heterocycles. The van der Waals surface area contributed by atoms with Crippen LogP contribution in [-0.2, 0) is 9.53 Å². The number of methoxy groups -OCH3 is 1. The van der Waals surface area contributed by atoms with Gasteiger partial charge in [0, 0.05) is 6.42 Å². The maximum Gasteiger partial charge on any atom is 0.323 e. The normalized spacial score (nSPS) is 13.2. The summed E-state index contributed by atoms with van der Waals surface area (Å²) < 4.78 is 27.7. The molecule has 0 aliphatic rings. The minimum Gasteiger partial charge on any atom is -0.468 e. The van der Waals surface area contributed by atoms with Gasteiger partial charge in [-0.3, -0.25) is 4.79 Å². The van der Waals surface area contributed by atoms with Crippen LogP contribution in [0.5, 0.6) is 0 Å². The lowest BCUT2D eigenvalue weighted by Gasteiger charge is -2.11. The van der Waals surface area contributed by atoms with Gasteiger partial charge in [0.1, 0.15) is 6.04 Å². The average Bonchev–Trinajstić information content (AvgIpc) is 1.98. The molecule has 0 saturated heterocycles. The van der Waals surface area contributed by atoms with E-state index in [1.54, 1.807) is 0 Å². The fourth-order valence-electron chi connectivity index (χ4n) is 0.652. The number of ether oxygens (including phenoxy) is 1. The Bertz CT molecular complexity index is 130. The molecule has 0 spiro atoms. The number of carbonyl (C=O) groups excluding carboxylic acids is 1. The molecule has 0 fully saturated rings. The lowest BCUT2D eigenvalue weighted by atomic mass is 10.2. The van der Waals surface area contributed by atoms with E-state index in [1.165, 1.54) is 7.05 Å². The van der Waals surface area contributed by atoms with Crippen LogP contribution in [0, 0.1) is 0 Å². The lowest BCUT2D eigenvalue weighted by molar-refractivity contribution is -0.144. The van der Waals surface area contributed by atoms with Crippen LogP contribution in [0.1, 0.15) is 6.42 Å². The van der Waals surface area contributed by atoms with Crippen molar-refractivity contribution < 1.29 is 18.3 Å². The molecule has 0 saturated carbocycles. The van der Waals surface area contributed by atoms with Crippen molar-refractivity contribution in [3.05, 3.63) is 0 Å². The smallest absolute Gasteiger partial charge is 0.323 e. The van der Waals surface area contributed by atoms with Crippen LogP contribution < -0.4 is 5.32 Å². The van der Waals surface area contributed by atoms with Crippen LogP contribution in [0.4, 0.5) is 8.78 Å². The number of hydrogen-bond donors (Lipinski definition) is 1. The number of nitrogens with one attached hydrogen (secondary N) is 1. The maximum absolute atomic E-state index is 11.7. The molecule has 1 N–H and O–H groups in total. The molecule has 0 radical (unpaired) electrons. The van der Waals surface area contributed by atoms with Gasteiger partial charge in [-0.1, -0.05) is 0 Å². The van der Waals surface area contributed by atoms with Crippen molar-refractivity contribution >= 4 is 5.97 Å². The molecular weight excluding hydrogens is 156 g/mol. The van der Waals surface area contributed by atoms with Crippen molar-refractivity contribution in [2.24, 2.45) is 0 Å². The summed E-state index contributed by atoms with van der Waals surface area (Å²) in [6.45, 7) is 0. The molecule has 0 unspecified atom stereocenters. The highest BCUT2D eigenvalue weighted by Crippen LogP contribution is 2.04. The molecule has 0 aromatic heterocycles. The highest BCUT2D eigenvalue weighted by molar-refractivity contribution is 5.75. The molecule has 0 bridgehead atoms. The van der Waals surface area contributed by atoms with Gasteiger partial charge in [0.2, 0.25) is 6.43 Å². The van der Waals surface area contributed by atoms with E-state index in [9.17, 15) is 13.6 Å². The quantitative estimate of drug-likeness (QED) is 0.616. The zero-order valence-electron chi connectivity index (χ0n) is 6.43. The van der Waals surface area contributed by atoms with Crippen molar-refractivity contribution in [2.45, 2.75) is 18.9 Å². The van der Waals surface area contributed by atoms with Crippen molar-refractivity contribution in [3.8, 4) is 0 Å². The first-order chi connectivity index (χ1) is 5.11. The Kier molecular flexibility index (Phi) is 4.69. The van der Waals surface area contributed by atoms with Gasteiger partial charge in [-0.2, -0.15) is 0 Å². The highest BCUT2D eigenvalue weighted by atomic mass is 19.3. The molecular formula is C6H11F2NO2. The lowest BCUT2D eigenvalue weighted by Crippen LogP contribution is -2.36. The Balaban J connectivity index is 3.84. The van der Waals surface area contributed by atoms with Crippen LogP contribution in [-0.4, -0.2) is 32.6 Å². The number of halogens is 2. The SMILES string of the molecule is CN[C@H](CC(F)F)C(=O)OC. The summed E-state index contributed by atoms with van der Waals surface area (Å²) in [4.78, 5) is 10.7. The number of alkyl halides is 2. The molecule has 1 atom stereocenters. The van der Waals surface area contributed by atoms with E-state index < -0.39 is 24.9 Å². The zero-order chi connectivity index (χ0) is 8.85. The van der Waals surface area contributed by atoms with Gasteiger partial charge < -0.3 is 10.1 Å². The van der Waals surface area contributed by atoms with E-state index in [0.29, 0.717) is 0 Å². The van der Waals surface area contributed by atoms with Crippen molar-refractivity contribution in [1.82, 2.24) is 5.32 Å². The topological polar surface area (TPSA) is 38.3 Å². The minimum atomic E-state index is -2.49. The number of carbonyl (C=O) groups is 1. The second kappa shape index (κ2) is 5.01. The van der Waals surface area contributed by atoms with E-state index in [4.69, 9.17) is 0 Å². The van der Waals surface area contributed by atoms with E-state index >= 15 is 0 Å².